The fourth-order valence-electron chi connectivity index (χ4n) is 3.20. The predicted molar refractivity (Wildman–Crippen MR) is 103 cm³/mol. The van der Waals surface area contributed by atoms with E-state index in [9.17, 15) is 9.90 Å². The van der Waals surface area contributed by atoms with Crippen LogP contribution < -0.4 is 4.74 Å². The average Bonchev–Trinajstić information content (AvgIpc) is 2.72. The summed E-state index contributed by atoms with van der Waals surface area (Å²) in [6, 6.07) is 13.6. The third-order valence-electron chi connectivity index (χ3n) is 4.93. The van der Waals surface area contributed by atoms with E-state index in [0.717, 1.165) is 12.0 Å². The summed E-state index contributed by atoms with van der Waals surface area (Å²) in [7, 11) is 0. The molecule has 0 saturated carbocycles. The van der Waals surface area contributed by atoms with E-state index in [0.29, 0.717) is 57.2 Å². The SMILES string of the molecule is O=C(O)N1CCC(O)(c2ccc(OCCCOCc3ccccc3)nc2)CC1. The Kier molecular flexibility index (Phi) is 6.84. The van der Waals surface area contributed by atoms with E-state index in [-0.39, 0.29) is 0 Å². The highest BCUT2D eigenvalue weighted by Crippen LogP contribution is 2.32. The Morgan fingerprint density at radius 3 is 2.50 bits per heavy atom. The summed E-state index contributed by atoms with van der Waals surface area (Å²) in [6.07, 6.45) is 2.14. The molecular formula is C21H26N2O5. The molecule has 1 aliphatic rings. The first-order chi connectivity index (χ1) is 13.6. The van der Waals surface area contributed by atoms with Crippen molar-refractivity contribution in [2.24, 2.45) is 0 Å². The highest BCUT2D eigenvalue weighted by Gasteiger charge is 2.35. The van der Waals surface area contributed by atoms with Crippen LogP contribution in [0.15, 0.2) is 48.7 Å². The molecule has 2 N–H and O–H groups in total. The Labute approximate surface area is 164 Å². The number of rotatable bonds is 8. The Morgan fingerprint density at radius 1 is 1.11 bits per heavy atom. The van der Waals surface area contributed by atoms with Gasteiger partial charge in [-0.1, -0.05) is 30.3 Å². The maximum Gasteiger partial charge on any atom is 0.407 e. The summed E-state index contributed by atoms with van der Waals surface area (Å²) in [6.45, 7) is 2.32. The molecule has 2 heterocycles. The van der Waals surface area contributed by atoms with Crippen LogP contribution in [0.2, 0.25) is 0 Å². The Bertz CT molecular complexity index is 743. The lowest BCUT2D eigenvalue weighted by Crippen LogP contribution is -2.44. The second-order valence-corrected chi connectivity index (χ2v) is 6.93. The molecule has 0 bridgehead atoms. The first-order valence-electron chi connectivity index (χ1n) is 9.48. The second-order valence-electron chi connectivity index (χ2n) is 6.93. The van der Waals surface area contributed by atoms with E-state index < -0.39 is 11.7 Å². The lowest BCUT2D eigenvalue weighted by Gasteiger charge is -2.37. The van der Waals surface area contributed by atoms with Crippen molar-refractivity contribution in [3.8, 4) is 5.88 Å². The topological polar surface area (TPSA) is 92.1 Å². The number of amides is 1. The Balaban J connectivity index is 1.38. The molecule has 7 heteroatoms. The number of nitrogens with zero attached hydrogens (tertiary/aromatic N) is 2. The van der Waals surface area contributed by atoms with Crippen LogP contribution >= 0.6 is 0 Å². The summed E-state index contributed by atoms with van der Waals surface area (Å²) in [5.74, 6) is 0.499. The maximum absolute atomic E-state index is 11.0. The minimum absolute atomic E-state index is 0.313. The number of pyridine rings is 1. The van der Waals surface area contributed by atoms with Crippen LogP contribution in [0.25, 0.3) is 0 Å². The molecule has 2 aromatic rings. The van der Waals surface area contributed by atoms with Crippen molar-refractivity contribution in [1.29, 1.82) is 0 Å². The largest absolute Gasteiger partial charge is 0.478 e. The van der Waals surface area contributed by atoms with Crippen LogP contribution in [0.4, 0.5) is 4.79 Å². The number of carbonyl (C=O) groups is 1. The van der Waals surface area contributed by atoms with E-state index in [1.54, 1.807) is 18.3 Å². The van der Waals surface area contributed by atoms with Crippen molar-refractivity contribution in [1.82, 2.24) is 9.88 Å². The summed E-state index contributed by atoms with van der Waals surface area (Å²) < 4.78 is 11.2. The number of hydrogen-bond acceptors (Lipinski definition) is 5. The first-order valence-corrected chi connectivity index (χ1v) is 9.48. The predicted octanol–water partition coefficient (Wildman–Crippen LogP) is 3.03. The van der Waals surface area contributed by atoms with Gasteiger partial charge in [0.25, 0.3) is 0 Å². The number of piperidine rings is 1. The van der Waals surface area contributed by atoms with Crippen molar-refractivity contribution in [3.05, 3.63) is 59.8 Å². The average molecular weight is 386 g/mol. The molecule has 150 valence electrons. The third kappa shape index (κ3) is 5.43. The molecule has 1 aromatic carbocycles. The van der Waals surface area contributed by atoms with Crippen molar-refractivity contribution < 1.29 is 24.5 Å². The lowest BCUT2D eigenvalue weighted by molar-refractivity contribution is -0.0216. The number of ether oxygens (including phenoxy) is 2. The second kappa shape index (κ2) is 9.52. The Morgan fingerprint density at radius 2 is 1.86 bits per heavy atom. The molecule has 0 aliphatic carbocycles. The summed E-state index contributed by atoms with van der Waals surface area (Å²) >= 11 is 0. The zero-order chi connectivity index (χ0) is 19.8. The van der Waals surface area contributed by atoms with Crippen molar-refractivity contribution in [3.63, 3.8) is 0 Å². The molecule has 1 amide bonds. The van der Waals surface area contributed by atoms with E-state index >= 15 is 0 Å². The van der Waals surface area contributed by atoms with Crippen LogP contribution in [0.1, 0.15) is 30.4 Å². The number of likely N-dealkylation sites (tertiary alicyclic amines) is 1. The van der Waals surface area contributed by atoms with E-state index in [4.69, 9.17) is 14.6 Å². The molecule has 7 nitrogen and oxygen atoms in total. The van der Waals surface area contributed by atoms with Gasteiger partial charge >= 0.3 is 6.09 Å². The van der Waals surface area contributed by atoms with Crippen LogP contribution in [0.3, 0.4) is 0 Å². The molecule has 0 unspecified atom stereocenters. The molecule has 0 radical (unpaired) electrons. The maximum atomic E-state index is 11.0. The van der Waals surface area contributed by atoms with Crippen molar-refractivity contribution >= 4 is 6.09 Å². The highest BCUT2D eigenvalue weighted by molar-refractivity contribution is 5.65. The molecular weight excluding hydrogens is 360 g/mol. The summed E-state index contributed by atoms with van der Waals surface area (Å²) in [4.78, 5) is 16.6. The summed E-state index contributed by atoms with van der Waals surface area (Å²) in [5.41, 5.74) is 0.798. The third-order valence-corrected chi connectivity index (χ3v) is 4.93. The van der Waals surface area contributed by atoms with Gasteiger partial charge in [-0.2, -0.15) is 0 Å². The van der Waals surface area contributed by atoms with Crippen LogP contribution in [0, 0.1) is 0 Å². The minimum Gasteiger partial charge on any atom is -0.478 e. The van der Waals surface area contributed by atoms with E-state index in [2.05, 4.69) is 4.98 Å². The zero-order valence-corrected chi connectivity index (χ0v) is 15.8. The molecule has 1 aliphatic heterocycles. The molecule has 1 fully saturated rings. The standard InChI is InChI=1S/C21H26N2O5/c24-20(25)23-11-9-21(26,10-12-23)18-7-8-19(22-15-18)28-14-4-13-27-16-17-5-2-1-3-6-17/h1-3,5-8,15,26H,4,9-14,16H2,(H,24,25). The fourth-order valence-corrected chi connectivity index (χ4v) is 3.20. The van der Waals surface area contributed by atoms with Gasteiger partial charge in [-0.3, -0.25) is 0 Å². The van der Waals surface area contributed by atoms with Gasteiger partial charge in [-0.05, 0) is 24.5 Å². The van der Waals surface area contributed by atoms with Gasteiger partial charge in [0.05, 0.1) is 25.4 Å². The smallest absolute Gasteiger partial charge is 0.407 e. The molecule has 0 spiro atoms. The minimum atomic E-state index is -1.04. The molecule has 1 aromatic heterocycles. The number of aliphatic hydroxyl groups is 1. The molecule has 1 saturated heterocycles. The zero-order valence-electron chi connectivity index (χ0n) is 15.8. The first kappa shape index (κ1) is 20.1. The molecule has 0 atom stereocenters. The van der Waals surface area contributed by atoms with E-state index in [1.807, 2.05) is 30.3 Å². The number of hydrogen-bond donors (Lipinski definition) is 2. The molecule has 3 rings (SSSR count). The fraction of sp³-hybridized carbons (Fsp3) is 0.429. The van der Waals surface area contributed by atoms with Crippen molar-refractivity contribution in [2.45, 2.75) is 31.5 Å². The van der Waals surface area contributed by atoms with Crippen LogP contribution in [0.5, 0.6) is 5.88 Å². The van der Waals surface area contributed by atoms with Gasteiger partial charge in [0, 0.05) is 37.3 Å². The number of aromatic nitrogens is 1. The van der Waals surface area contributed by atoms with Gasteiger partial charge in [-0.25, -0.2) is 9.78 Å². The van der Waals surface area contributed by atoms with E-state index in [1.165, 1.54) is 4.90 Å². The van der Waals surface area contributed by atoms with Crippen LogP contribution in [-0.4, -0.2) is 52.5 Å². The number of benzene rings is 1. The number of carboxylic acid groups (broad SMARTS) is 1. The van der Waals surface area contributed by atoms with Gasteiger partial charge in [-0.15, -0.1) is 0 Å². The van der Waals surface area contributed by atoms with Gasteiger partial charge < -0.3 is 24.6 Å². The Hall–Kier alpha value is -2.64. The van der Waals surface area contributed by atoms with Gasteiger partial charge in [0.1, 0.15) is 0 Å². The lowest BCUT2D eigenvalue weighted by atomic mass is 9.85. The van der Waals surface area contributed by atoms with Crippen LogP contribution in [-0.2, 0) is 16.9 Å². The van der Waals surface area contributed by atoms with Gasteiger partial charge in [0.15, 0.2) is 0 Å². The monoisotopic (exact) mass is 386 g/mol. The van der Waals surface area contributed by atoms with Crippen molar-refractivity contribution in [2.75, 3.05) is 26.3 Å². The summed E-state index contributed by atoms with van der Waals surface area (Å²) in [5, 5.41) is 19.8. The van der Waals surface area contributed by atoms with Gasteiger partial charge in [0.2, 0.25) is 5.88 Å². The highest BCUT2D eigenvalue weighted by atomic mass is 16.5. The molecule has 28 heavy (non-hydrogen) atoms. The normalized spacial score (nSPS) is 16.0. The quantitative estimate of drug-likeness (QED) is 0.678.